The molecule has 0 N–H and O–H groups in total. The fourth-order valence-electron chi connectivity index (χ4n) is 1.56. The molecule has 14 heavy (non-hydrogen) atoms. The topological polar surface area (TPSA) is 26.3 Å². The number of unbranched alkanes of at least 4 members (excludes halogenated alkanes) is 5. The van der Waals surface area contributed by atoms with E-state index in [4.69, 9.17) is 4.74 Å². The number of carbonyl (C=O) groups is 1. The first kappa shape index (κ1) is 13.5. The monoisotopic (exact) mass is 200 g/mol. The molecule has 2 nitrogen and oxygen atoms in total. The van der Waals surface area contributed by atoms with E-state index in [-0.39, 0.29) is 0 Å². The predicted molar refractivity (Wildman–Crippen MR) is 59.2 cm³/mol. The van der Waals surface area contributed by atoms with Crippen molar-refractivity contribution in [1.29, 1.82) is 0 Å². The second-order valence-electron chi connectivity index (χ2n) is 4.09. The lowest BCUT2D eigenvalue weighted by Gasteiger charge is -2.08. The summed E-state index contributed by atoms with van der Waals surface area (Å²) >= 11 is 0. The summed E-state index contributed by atoms with van der Waals surface area (Å²) in [6.45, 7) is 5.49. The lowest BCUT2D eigenvalue weighted by molar-refractivity contribution is -0.129. The highest BCUT2D eigenvalue weighted by Crippen LogP contribution is 2.11. The van der Waals surface area contributed by atoms with Gasteiger partial charge in [-0.05, 0) is 12.3 Å². The van der Waals surface area contributed by atoms with Gasteiger partial charge in [0.15, 0.2) is 0 Å². The van der Waals surface area contributed by atoms with E-state index in [1.807, 2.05) is 0 Å². The maximum atomic E-state index is 9.94. The Bertz CT molecular complexity index is 123. The predicted octanol–water partition coefficient (Wildman–Crippen LogP) is 3.55. The average molecular weight is 200 g/mol. The number of hydrogen-bond acceptors (Lipinski definition) is 2. The molecule has 1 unspecified atom stereocenters. The first-order chi connectivity index (χ1) is 6.81. The molecule has 0 saturated carbocycles. The Balaban J connectivity index is 3.06. The van der Waals surface area contributed by atoms with E-state index in [1.165, 1.54) is 44.9 Å². The largest absolute Gasteiger partial charge is 0.468 e. The third kappa shape index (κ3) is 9.56. The molecular formula is C12H24O2. The second kappa shape index (κ2) is 10.6. The third-order valence-electron chi connectivity index (χ3n) is 2.50. The fraction of sp³-hybridized carbons (Fsp3) is 0.917. The summed E-state index contributed by atoms with van der Waals surface area (Å²) < 4.78 is 4.71. The molecule has 0 aromatic carbocycles. The molecule has 0 spiro atoms. The maximum absolute atomic E-state index is 9.94. The van der Waals surface area contributed by atoms with Crippen molar-refractivity contribution in [3.63, 3.8) is 0 Å². The Morgan fingerprint density at radius 3 is 2.43 bits per heavy atom. The maximum Gasteiger partial charge on any atom is 0.293 e. The highest BCUT2D eigenvalue weighted by Gasteiger charge is 2.01. The molecule has 0 amide bonds. The van der Waals surface area contributed by atoms with E-state index >= 15 is 0 Å². The summed E-state index contributed by atoms with van der Waals surface area (Å²) in [5, 5.41) is 0. The van der Waals surface area contributed by atoms with Crippen molar-refractivity contribution in [3.05, 3.63) is 0 Å². The number of rotatable bonds is 10. The SMILES string of the molecule is CCCCCCCCC(C)COC=O. The van der Waals surface area contributed by atoms with E-state index in [0.29, 0.717) is 19.0 Å². The molecular weight excluding hydrogens is 176 g/mol. The van der Waals surface area contributed by atoms with Crippen LogP contribution in [0.4, 0.5) is 0 Å². The van der Waals surface area contributed by atoms with Crippen LogP contribution in [0.1, 0.15) is 58.8 Å². The molecule has 84 valence electrons. The number of carbonyl (C=O) groups excluding carboxylic acids is 1. The van der Waals surface area contributed by atoms with E-state index in [0.717, 1.165) is 0 Å². The van der Waals surface area contributed by atoms with Crippen LogP contribution in [0.5, 0.6) is 0 Å². The van der Waals surface area contributed by atoms with Gasteiger partial charge in [-0.25, -0.2) is 0 Å². The molecule has 0 rings (SSSR count). The average Bonchev–Trinajstić information content (AvgIpc) is 2.20. The van der Waals surface area contributed by atoms with Crippen LogP contribution in [0.2, 0.25) is 0 Å². The van der Waals surface area contributed by atoms with Crippen molar-refractivity contribution in [2.24, 2.45) is 5.92 Å². The van der Waals surface area contributed by atoms with Gasteiger partial charge >= 0.3 is 0 Å². The number of ether oxygens (including phenoxy) is 1. The molecule has 0 bridgehead atoms. The highest BCUT2D eigenvalue weighted by molar-refractivity contribution is 5.36. The zero-order valence-electron chi connectivity index (χ0n) is 9.63. The summed E-state index contributed by atoms with van der Waals surface area (Å²) in [6, 6.07) is 0. The van der Waals surface area contributed by atoms with Crippen molar-refractivity contribution < 1.29 is 9.53 Å². The van der Waals surface area contributed by atoms with Gasteiger partial charge in [-0.2, -0.15) is 0 Å². The second-order valence-corrected chi connectivity index (χ2v) is 4.09. The lowest BCUT2D eigenvalue weighted by Crippen LogP contribution is -2.04. The fourth-order valence-corrected chi connectivity index (χ4v) is 1.56. The molecule has 0 aliphatic carbocycles. The first-order valence-electron chi connectivity index (χ1n) is 5.86. The van der Waals surface area contributed by atoms with Gasteiger partial charge in [0.05, 0.1) is 6.61 Å². The van der Waals surface area contributed by atoms with E-state index in [1.54, 1.807) is 0 Å². The Labute approximate surface area is 88.0 Å². The molecule has 0 fully saturated rings. The Morgan fingerprint density at radius 1 is 1.14 bits per heavy atom. The highest BCUT2D eigenvalue weighted by atomic mass is 16.5. The van der Waals surface area contributed by atoms with Crippen LogP contribution in [0.3, 0.4) is 0 Å². The van der Waals surface area contributed by atoms with Crippen molar-refractivity contribution in [2.75, 3.05) is 6.61 Å². The Kier molecular flexibility index (Phi) is 10.2. The van der Waals surface area contributed by atoms with Gasteiger partial charge in [-0.15, -0.1) is 0 Å². The molecule has 2 heteroatoms. The molecule has 1 atom stereocenters. The van der Waals surface area contributed by atoms with E-state index in [2.05, 4.69) is 13.8 Å². The summed E-state index contributed by atoms with van der Waals surface area (Å²) in [5.74, 6) is 0.520. The van der Waals surface area contributed by atoms with Crippen LogP contribution in [0.25, 0.3) is 0 Å². The smallest absolute Gasteiger partial charge is 0.293 e. The van der Waals surface area contributed by atoms with Crippen LogP contribution >= 0.6 is 0 Å². The van der Waals surface area contributed by atoms with Gasteiger partial charge in [0.2, 0.25) is 0 Å². The summed E-state index contributed by atoms with van der Waals surface area (Å²) in [5.41, 5.74) is 0. The molecule has 0 aromatic heterocycles. The Hall–Kier alpha value is -0.530. The van der Waals surface area contributed by atoms with Gasteiger partial charge in [0.1, 0.15) is 0 Å². The van der Waals surface area contributed by atoms with Crippen LogP contribution in [-0.4, -0.2) is 13.1 Å². The Morgan fingerprint density at radius 2 is 1.79 bits per heavy atom. The van der Waals surface area contributed by atoms with Gasteiger partial charge in [0, 0.05) is 0 Å². The van der Waals surface area contributed by atoms with Gasteiger partial charge < -0.3 is 4.74 Å². The van der Waals surface area contributed by atoms with Crippen molar-refractivity contribution in [3.8, 4) is 0 Å². The molecule has 0 aliphatic rings. The lowest BCUT2D eigenvalue weighted by atomic mass is 10.0. The minimum Gasteiger partial charge on any atom is -0.468 e. The third-order valence-corrected chi connectivity index (χ3v) is 2.50. The van der Waals surface area contributed by atoms with Crippen LogP contribution in [0, 0.1) is 5.92 Å². The quantitative estimate of drug-likeness (QED) is 0.398. The normalized spacial score (nSPS) is 12.4. The molecule has 0 radical (unpaired) electrons. The summed E-state index contributed by atoms with van der Waals surface area (Å²) in [6.07, 6.45) is 9.18. The summed E-state index contributed by atoms with van der Waals surface area (Å²) in [4.78, 5) is 9.94. The summed E-state index contributed by atoms with van der Waals surface area (Å²) in [7, 11) is 0. The molecule has 0 aliphatic heterocycles. The van der Waals surface area contributed by atoms with E-state index < -0.39 is 0 Å². The van der Waals surface area contributed by atoms with Crippen molar-refractivity contribution >= 4 is 6.47 Å². The van der Waals surface area contributed by atoms with Gasteiger partial charge in [-0.3, -0.25) is 4.79 Å². The minimum atomic E-state index is 0.520. The standard InChI is InChI=1S/C12H24O2/c1-3-4-5-6-7-8-9-12(2)10-14-11-13/h11-12H,3-10H2,1-2H3. The zero-order valence-corrected chi connectivity index (χ0v) is 9.63. The van der Waals surface area contributed by atoms with Gasteiger partial charge in [0.25, 0.3) is 6.47 Å². The minimum absolute atomic E-state index is 0.520. The van der Waals surface area contributed by atoms with Crippen LogP contribution < -0.4 is 0 Å². The zero-order chi connectivity index (χ0) is 10.6. The van der Waals surface area contributed by atoms with E-state index in [9.17, 15) is 4.79 Å². The van der Waals surface area contributed by atoms with Crippen molar-refractivity contribution in [1.82, 2.24) is 0 Å². The van der Waals surface area contributed by atoms with Gasteiger partial charge in [-0.1, -0.05) is 52.4 Å². The number of hydrogen-bond donors (Lipinski definition) is 0. The van der Waals surface area contributed by atoms with Crippen LogP contribution in [0.15, 0.2) is 0 Å². The van der Waals surface area contributed by atoms with Crippen molar-refractivity contribution in [2.45, 2.75) is 58.8 Å². The van der Waals surface area contributed by atoms with Crippen LogP contribution in [-0.2, 0) is 9.53 Å². The first-order valence-corrected chi connectivity index (χ1v) is 5.86. The molecule has 0 aromatic rings. The molecule has 0 saturated heterocycles. The molecule has 0 heterocycles.